The van der Waals surface area contributed by atoms with E-state index in [4.69, 9.17) is 4.74 Å². The Bertz CT molecular complexity index is 771. The number of aromatic nitrogens is 2. The molecule has 1 unspecified atom stereocenters. The van der Waals surface area contributed by atoms with Crippen molar-refractivity contribution in [2.75, 3.05) is 19.7 Å². The minimum atomic E-state index is -0.217. The van der Waals surface area contributed by atoms with E-state index in [0.29, 0.717) is 24.5 Å². The van der Waals surface area contributed by atoms with E-state index in [2.05, 4.69) is 10.2 Å². The first-order valence-electron chi connectivity index (χ1n) is 8.57. The van der Waals surface area contributed by atoms with Crippen LogP contribution in [-0.4, -0.2) is 40.9 Å². The quantitative estimate of drug-likeness (QED) is 0.939. The lowest BCUT2D eigenvalue weighted by Crippen LogP contribution is -2.32. The average Bonchev–Trinajstić information content (AvgIpc) is 2.84. The molecule has 0 bridgehead atoms. The highest BCUT2D eigenvalue weighted by Gasteiger charge is 2.22. The zero-order chi connectivity index (χ0) is 16.9. The lowest BCUT2D eigenvalue weighted by atomic mass is 9.93. The molecule has 24 heavy (non-hydrogen) atoms. The van der Waals surface area contributed by atoms with Gasteiger partial charge in [0, 0.05) is 18.5 Å². The van der Waals surface area contributed by atoms with Gasteiger partial charge in [-0.1, -0.05) is 18.2 Å². The zero-order valence-electron chi connectivity index (χ0n) is 14.0. The summed E-state index contributed by atoms with van der Waals surface area (Å²) in [4.78, 5) is 25.6. The normalized spacial score (nSPS) is 18.4. The van der Waals surface area contributed by atoms with Gasteiger partial charge in [0.15, 0.2) is 0 Å². The van der Waals surface area contributed by atoms with Crippen LogP contribution < -0.4 is 5.56 Å². The van der Waals surface area contributed by atoms with Crippen LogP contribution in [0.3, 0.4) is 0 Å². The standard InChI is InChI=1S/C18H23N3O3/c1-2-24-18(23)21-10-5-6-13(9-11-21)12-16-14-7-3-4-8-15(14)17(22)20-19-16/h3-4,7-8,13H,2,5-6,9-12H2,1H3,(H,20,22). The Morgan fingerprint density at radius 2 is 2.08 bits per heavy atom. The average molecular weight is 329 g/mol. The van der Waals surface area contributed by atoms with Crippen molar-refractivity contribution in [3.8, 4) is 0 Å². The fourth-order valence-electron chi connectivity index (χ4n) is 3.37. The Morgan fingerprint density at radius 3 is 2.88 bits per heavy atom. The molecule has 1 amide bonds. The Balaban J connectivity index is 1.72. The predicted octanol–water partition coefficient (Wildman–Crippen LogP) is 2.72. The number of carbonyl (C=O) groups excluding carboxylic acids is 1. The number of hydrogen-bond acceptors (Lipinski definition) is 4. The van der Waals surface area contributed by atoms with Crippen molar-refractivity contribution in [3.05, 3.63) is 40.3 Å². The Kier molecular flexibility index (Phi) is 5.13. The third-order valence-electron chi connectivity index (χ3n) is 4.63. The maximum Gasteiger partial charge on any atom is 0.409 e. The number of amides is 1. The maximum atomic E-state index is 11.9. The van der Waals surface area contributed by atoms with Crippen molar-refractivity contribution < 1.29 is 9.53 Å². The second-order valence-corrected chi connectivity index (χ2v) is 6.23. The van der Waals surface area contributed by atoms with Crippen LogP contribution in [0, 0.1) is 5.92 Å². The number of fused-ring (bicyclic) bond motifs is 1. The van der Waals surface area contributed by atoms with Crippen LogP contribution in [0.15, 0.2) is 29.1 Å². The summed E-state index contributed by atoms with van der Waals surface area (Å²) in [6.07, 6.45) is 3.53. The fourth-order valence-corrected chi connectivity index (χ4v) is 3.37. The van der Waals surface area contributed by atoms with E-state index in [1.165, 1.54) is 0 Å². The van der Waals surface area contributed by atoms with E-state index in [9.17, 15) is 9.59 Å². The molecule has 1 saturated heterocycles. The molecule has 6 nitrogen and oxygen atoms in total. The molecule has 1 aliphatic rings. The summed E-state index contributed by atoms with van der Waals surface area (Å²) < 4.78 is 5.10. The summed E-state index contributed by atoms with van der Waals surface area (Å²) in [5, 5.41) is 8.48. The number of H-pyrrole nitrogens is 1. The Hall–Kier alpha value is -2.37. The number of nitrogens with one attached hydrogen (secondary N) is 1. The van der Waals surface area contributed by atoms with Gasteiger partial charge < -0.3 is 9.64 Å². The van der Waals surface area contributed by atoms with Gasteiger partial charge in [0.1, 0.15) is 0 Å². The molecule has 3 rings (SSSR count). The summed E-state index contributed by atoms with van der Waals surface area (Å²) in [7, 11) is 0. The molecule has 0 saturated carbocycles. The largest absolute Gasteiger partial charge is 0.450 e. The molecule has 6 heteroatoms. The smallest absolute Gasteiger partial charge is 0.409 e. The molecule has 0 radical (unpaired) electrons. The van der Waals surface area contributed by atoms with Crippen LogP contribution in [0.2, 0.25) is 0 Å². The van der Waals surface area contributed by atoms with Gasteiger partial charge in [-0.15, -0.1) is 0 Å². The minimum Gasteiger partial charge on any atom is -0.450 e. The summed E-state index contributed by atoms with van der Waals surface area (Å²) in [5.74, 6) is 0.450. The first-order valence-corrected chi connectivity index (χ1v) is 8.57. The fraction of sp³-hybridized carbons (Fsp3) is 0.500. The molecule has 1 fully saturated rings. The van der Waals surface area contributed by atoms with Crippen molar-refractivity contribution in [1.29, 1.82) is 0 Å². The monoisotopic (exact) mass is 329 g/mol. The van der Waals surface area contributed by atoms with Crippen LogP contribution in [0.5, 0.6) is 0 Å². The zero-order valence-corrected chi connectivity index (χ0v) is 14.0. The van der Waals surface area contributed by atoms with Crippen LogP contribution >= 0.6 is 0 Å². The first-order chi connectivity index (χ1) is 11.7. The van der Waals surface area contributed by atoms with Crippen molar-refractivity contribution in [2.24, 2.45) is 5.92 Å². The first kappa shape index (κ1) is 16.5. The lowest BCUT2D eigenvalue weighted by Gasteiger charge is -2.19. The number of aromatic amines is 1. The summed E-state index contributed by atoms with van der Waals surface area (Å²) in [6, 6.07) is 7.58. The van der Waals surface area contributed by atoms with E-state index in [1.54, 1.807) is 4.90 Å². The molecule has 0 spiro atoms. The van der Waals surface area contributed by atoms with Crippen molar-refractivity contribution >= 4 is 16.9 Å². The summed E-state index contributed by atoms with van der Waals surface area (Å²) in [5.41, 5.74) is 0.781. The van der Waals surface area contributed by atoms with Gasteiger partial charge >= 0.3 is 6.09 Å². The van der Waals surface area contributed by atoms with Crippen LogP contribution in [0.1, 0.15) is 31.9 Å². The SMILES string of the molecule is CCOC(=O)N1CCCC(Cc2n[nH]c(=O)c3ccccc23)CC1. The highest BCUT2D eigenvalue weighted by atomic mass is 16.6. The molecule has 1 aliphatic heterocycles. The van der Waals surface area contributed by atoms with Gasteiger partial charge in [-0.2, -0.15) is 5.10 Å². The minimum absolute atomic E-state index is 0.149. The molecular weight excluding hydrogens is 306 g/mol. The molecule has 1 aromatic carbocycles. The van der Waals surface area contributed by atoms with Crippen molar-refractivity contribution in [2.45, 2.75) is 32.6 Å². The molecule has 1 N–H and O–H groups in total. The van der Waals surface area contributed by atoms with Crippen molar-refractivity contribution in [3.63, 3.8) is 0 Å². The molecule has 2 aromatic rings. The Morgan fingerprint density at radius 1 is 1.29 bits per heavy atom. The van der Waals surface area contributed by atoms with E-state index in [1.807, 2.05) is 31.2 Å². The lowest BCUT2D eigenvalue weighted by molar-refractivity contribution is 0.108. The number of likely N-dealkylation sites (tertiary alicyclic amines) is 1. The maximum absolute atomic E-state index is 11.9. The predicted molar refractivity (Wildman–Crippen MR) is 92.0 cm³/mol. The molecule has 0 aliphatic carbocycles. The third kappa shape index (κ3) is 3.58. The van der Waals surface area contributed by atoms with Gasteiger partial charge in [0.05, 0.1) is 17.7 Å². The van der Waals surface area contributed by atoms with E-state index in [-0.39, 0.29) is 11.7 Å². The van der Waals surface area contributed by atoms with Gasteiger partial charge in [0.25, 0.3) is 5.56 Å². The molecular formula is C18H23N3O3. The third-order valence-corrected chi connectivity index (χ3v) is 4.63. The number of nitrogens with zero attached hydrogens (tertiary/aromatic N) is 2. The molecule has 2 heterocycles. The van der Waals surface area contributed by atoms with Crippen LogP contribution in [0.25, 0.3) is 10.8 Å². The highest BCUT2D eigenvalue weighted by Crippen LogP contribution is 2.24. The summed E-state index contributed by atoms with van der Waals surface area (Å²) >= 11 is 0. The van der Waals surface area contributed by atoms with E-state index < -0.39 is 0 Å². The molecule has 1 aromatic heterocycles. The van der Waals surface area contributed by atoms with E-state index in [0.717, 1.165) is 43.3 Å². The molecule has 128 valence electrons. The number of hydrogen-bond donors (Lipinski definition) is 1. The second kappa shape index (κ2) is 7.47. The Labute approximate surface area is 140 Å². The number of ether oxygens (including phenoxy) is 1. The van der Waals surface area contributed by atoms with E-state index >= 15 is 0 Å². The number of rotatable bonds is 3. The van der Waals surface area contributed by atoms with Crippen LogP contribution in [-0.2, 0) is 11.2 Å². The van der Waals surface area contributed by atoms with Gasteiger partial charge in [-0.05, 0) is 44.6 Å². The summed E-state index contributed by atoms with van der Waals surface area (Å²) in [6.45, 7) is 3.69. The van der Waals surface area contributed by atoms with Crippen molar-refractivity contribution in [1.82, 2.24) is 15.1 Å². The highest BCUT2D eigenvalue weighted by molar-refractivity contribution is 5.83. The van der Waals surface area contributed by atoms with Gasteiger partial charge in [-0.3, -0.25) is 4.79 Å². The van der Waals surface area contributed by atoms with Gasteiger partial charge in [0.2, 0.25) is 0 Å². The number of carbonyl (C=O) groups is 1. The van der Waals surface area contributed by atoms with Gasteiger partial charge in [-0.25, -0.2) is 9.89 Å². The topological polar surface area (TPSA) is 75.3 Å². The van der Waals surface area contributed by atoms with Crippen LogP contribution in [0.4, 0.5) is 4.79 Å². The number of benzene rings is 1. The second-order valence-electron chi connectivity index (χ2n) is 6.23. The molecule has 1 atom stereocenters.